The summed E-state index contributed by atoms with van der Waals surface area (Å²) in [5.74, 6) is -9.39. The number of hydrazone groups is 1. The molecule has 10 heteroatoms. The average molecular weight is 333 g/mol. The molecule has 1 aromatic carbocycles. The number of halogens is 5. The first-order chi connectivity index (χ1) is 10.7. The third-order valence-corrected chi connectivity index (χ3v) is 3.62. The Balaban J connectivity index is 1.99. The second-order valence-corrected chi connectivity index (χ2v) is 5.00. The van der Waals surface area contributed by atoms with Gasteiger partial charge in [0, 0.05) is 0 Å². The molecule has 1 N–H and O–H groups in total. The van der Waals surface area contributed by atoms with Gasteiger partial charge in [-0.1, -0.05) is 18.2 Å². The second-order valence-electron chi connectivity index (χ2n) is 5.00. The molecule has 0 unspecified atom stereocenters. The van der Waals surface area contributed by atoms with Crippen LogP contribution in [-0.2, 0) is 9.59 Å². The monoisotopic (exact) mass is 333 g/mol. The highest BCUT2D eigenvalue weighted by molar-refractivity contribution is 6.31. The normalized spacial score (nSPS) is 24.6. The Morgan fingerprint density at radius 2 is 1.61 bits per heavy atom. The Bertz CT molecular complexity index is 701. The van der Waals surface area contributed by atoms with E-state index < -0.39 is 41.6 Å². The van der Waals surface area contributed by atoms with Crippen LogP contribution in [0.15, 0.2) is 35.4 Å². The van der Waals surface area contributed by atoms with Crippen LogP contribution >= 0.6 is 0 Å². The van der Waals surface area contributed by atoms with Crippen LogP contribution in [0.4, 0.5) is 27.6 Å². The van der Waals surface area contributed by atoms with Crippen molar-refractivity contribution in [2.75, 3.05) is 4.90 Å². The molecule has 2 aliphatic rings. The number of nitrogens with zero attached hydrogens (tertiary/aromatic N) is 2. The molecule has 2 heterocycles. The van der Waals surface area contributed by atoms with Crippen molar-refractivity contribution in [3.8, 4) is 0 Å². The molecule has 0 aromatic heterocycles. The van der Waals surface area contributed by atoms with Crippen molar-refractivity contribution >= 4 is 23.2 Å². The Hall–Kier alpha value is -2.52. The number of hydrogen-bond donors (Lipinski definition) is 1. The first kappa shape index (κ1) is 15.4. The molecule has 23 heavy (non-hydrogen) atoms. The molecule has 0 aliphatic carbocycles. The molecule has 0 spiro atoms. The van der Waals surface area contributed by atoms with Crippen molar-refractivity contribution in [2.45, 2.75) is 18.1 Å². The first-order valence-electron chi connectivity index (χ1n) is 6.37. The lowest BCUT2D eigenvalue weighted by atomic mass is 9.94. The number of benzene rings is 1. The van der Waals surface area contributed by atoms with E-state index in [0.717, 1.165) is 0 Å². The topological polar surface area (TPSA) is 61.8 Å². The van der Waals surface area contributed by atoms with E-state index in [4.69, 9.17) is 0 Å². The largest absolute Gasteiger partial charge is 0.459 e. The number of carbonyl (C=O) groups excluding carboxylic acids is 2. The highest BCUT2D eigenvalue weighted by atomic mass is 19.4. The van der Waals surface area contributed by atoms with Gasteiger partial charge in [0.05, 0.1) is 5.69 Å². The molecule has 1 aromatic rings. The van der Waals surface area contributed by atoms with E-state index >= 15 is 0 Å². The third kappa shape index (κ3) is 2.08. The highest BCUT2D eigenvalue weighted by Crippen LogP contribution is 2.43. The number of rotatable bonds is 2. The molecule has 2 atom stereocenters. The second kappa shape index (κ2) is 4.74. The number of hydrogen-bond acceptors (Lipinski definition) is 4. The number of alkyl halides is 5. The fourth-order valence-corrected chi connectivity index (χ4v) is 2.53. The SMILES string of the molecule is O=C1[C@H]2C(C(F)(F)C(F)(F)F)=NN[C@H]2C(=O)N1c1ccccc1. The zero-order valence-electron chi connectivity index (χ0n) is 11.1. The van der Waals surface area contributed by atoms with Crippen LogP contribution in [0.5, 0.6) is 0 Å². The number of amides is 2. The van der Waals surface area contributed by atoms with E-state index in [1.807, 2.05) is 5.43 Å². The average Bonchev–Trinajstić information content (AvgIpc) is 3.01. The minimum absolute atomic E-state index is 0.0911. The summed E-state index contributed by atoms with van der Waals surface area (Å²) in [6, 6.07) is 5.77. The van der Waals surface area contributed by atoms with Crippen LogP contribution in [0, 0.1) is 5.92 Å². The molecule has 2 amide bonds. The predicted molar refractivity (Wildman–Crippen MR) is 67.8 cm³/mol. The van der Waals surface area contributed by atoms with E-state index in [-0.39, 0.29) is 5.69 Å². The molecule has 2 aliphatic heterocycles. The van der Waals surface area contributed by atoms with Crippen LogP contribution in [0.25, 0.3) is 0 Å². The van der Waals surface area contributed by atoms with E-state index in [1.165, 1.54) is 24.3 Å². The number of para-hydroxylation sites is 1. The van der Waals surface area contributed by atoms with Crippen molar-refractivity contribution in [3.63, 3.8) is 0 Å². The number of anilines is 1. The van der Waals surface area contributed by atoms with Gasteiger partial charge in [0.2, 0.25) is 5.91 Å². The van der Waals surface area contributed by atoms with Crippen LogP contribution in [0.2, 0.25) is 0 Å². The van der Waals surface area contributed by atoms with Crippen LogP contribution in [0.3, 0.4) is 0 Å². The maximum absolute atomic E-state index is 13.5. The lowest BCUT2D eigenvalue weighted by Crippen LogP contribution is -2.49. The summed E-state index contributed by atoms with van der Waals surface area (Å²) in [7, 11) is 0. The number of nitrogens with one attached hydrogen (secondary N) is 1. The predicted octanol–water partition coefficient (Wildman–Crippen LogP) is 1.70. The maximum Gasteiger partial charge on any atom is 0.459 e. The van der Waals surface area contributed by atoms with Gasteiger partial charge in [-0.2, -0.15) is 27.1 Å². The van der Waals surface area contributed by atoms with Gasteiger partial charge in [0.1, 0.15) is 17.7 Å². The van der Waals surface area contributed by atoms with E-state index in [9.17, 15) is 31.5 Å². The third-order valence-electron chi connectivity index (χ3n) is 3.62. The molecule has 3 rings (SSSR count). The molecule has 5 nitrogen and oxygen atoms in total. The lowest BCUT2D eigenvalue weighted by Gasteiger charge is -2.22. The number of fused-ring (bicyclic) bond motifs is 1. The minimum Gasteiger partial charge on any atom is -0.296 e. The van der Waals surface area contributed by atoms with Gasteiger partial charge in [-0.25, -0.2) is 4.90 Å². The lowest BCUT2D eigenvalue weighted by molar-refractivity contribution is -0.250. The summed E-state index contributed by atoms with van der Waals surface area (Å²) >= 11 is 0. The Labute approximate surface area is 125 Å². The zero-order valence-corrected chi connectivity index (χ0v) is 11.1. The Morgan fingerprint density at radius 3 is 2.17 bits per heavy atom. The summed E-state index contributed by atoms with van der Waals surface area (Å²) in [5.41, 5.74) is 0.326. The molecule has 1 fully saturated rings. The Kier molecular flexibility index (Phi) is 3.17. The minimum atomic E-state index is -5.91. The molecule has 1 saturated heterocycles. The zero-order chi connectivity index (χ0) is 17.0. The van der Waals surface area contributed by atoms with Crippen LogP contribution < -0.4 is 10.3 Å². The summed E-state index contributed by atoms with van der Waals surface area (Å²) in [4.78, 5) is 25.0. The fraction of sp³-hybridized carbons (Fsp3) is 0.308. The maximum atomic E-state index is 13.5. The summed E-state index contributed by atoms with van der Waals surface area (Å²) in [5, 5.41) is 2.92. The van der Waals surface area contributed by atoms with Crippen molar-refractivity contribution in [3.05, 3.63) is 30.3 Å². The quantitative estimate of drug-likeness (QED) is 0.662. The summed E-state index contributed by atoms with van der Waals surface area (Å²) in [6.45, 7) is 0. The molecule has 0 radical (unpaired) electrons. The Morgan fingerprint density at radius 1 is 1.00 bits per heavy atom. The summed E-state index contributed by atoms with van der Waals surface area (Å²) < 4.78 is 64.6. The van der Waals surface area contributed by atoms with Gasteiger partial charge in [-0.05, 0) is 12.1 Å². The smallest absolute Gasteiger partial charge is 0.296 e. The van der Waals surface area contributed by atoms with Gasteiger partial charge < -0.3 is 0 Å². The fourth-order valence-electron chi connectivity index (χ4n) is 2.53. The van der Waals surface area contributed by atoms with E-state index in [2.05, 4.69) is 5.10 Å². The van der Waals surface area contributed by atoms with Gasteiger partial charge in [0.15, 0.2) is 0 Å². The van der Waals surface area contributed by atoms with Crippen molar-refractivity contribution in [1.29, 1.82) is 0 Å². The first-order valence-corrected chi connectivity index (χ1v) is 6.37. The molecule has 0 saturated carbocycles. The van der Waals surface area contributed by atoms with Crippen LogP contribution in [0.1, 0.15) is 0 Å². The summed E-state index contributed by atoms with van der Waals surface area (Å²) in [6.07, 6.45) is -5.91. The molecular weight excluding hydrogens is 325 g/mol. The van der Waals surface area contributed by atoms with Gasteiger partial charge in [-0.3, -0.25) is 15.0 Å². The van der Waals surface area contributed by atoms with Crippen LogP contribution in [-0.4, -0.2) is 35.7 Å². The highest BCUT2D eigenvalue weighted by Gasteiger charge is 2.68. The van der Waals surface area contributed by atoms with E-state index in [1.54, 1.807) is 6.07 Å². The van der Waals surface area contributed by atoms with E-state index in [0.29, 0.717) is 4.90 Å². The van der Waals surface area contributed by atoms with Gasteiger partial charge >= 0.3 is 12.1 Å². The van der Waals surface area contributed by atoms with Crippen molar-refractivity contribution < 1.29 is 31.5 Å². The standard InChI is InChI=1S/C13H8F5N3O2/c14-12(15,13(16,17)18)9-7-8(19-20-9)11(23)21(10(7)22)6-4-2-1-3-5-6/h1-5,7-8,19H/t7-,8-/m1/s1. The van der Waals surface area contributed by atoms with Gasteiger partial charge in [-0.15, -0.1) is 0 Å². The van der Waals surface area contributed by atoms with Crippen molar-refractivity contribution in [2.24, 2.45) is 11.0 Å². The molecule has 122 valence electrons. The number of carbonyl (C=O) groups is 2. The molecule has 0 bridgehead atoms. The van der Waals surface area contributed by atoms with Gasteiger partial charge in [0.25, 0.3) is 5.91 Å². The van der Waals surface area contributed by atoms with Crippen molar-refractivity contribution in [1.82, 2.24) is 5.43 Å². The number of imide groups is 1. The molecular formula is C13H8F5N3O2.